The molecule has 0 fully saturated rings. The average Bonchev–Trinajstić information content (AvgIpc) is 3.97. The molecule has 14 rings (SSSR count). The van der Waals surface area contributed by atoms with Crippen molar-refractivity contribution in [1.82, 2.24) is 13.7 Å². The highest BCUT2D eigenvalue weighted by Crippen LogP contribution is 2.42. The van der Waals surface area contributed by atoms with Crippen molar-refractivity contribution in [2.75, 3.05) is 0 Å². The standard InChI is InChI=1S/C62H50BN3/c1-61(2,3)41-25-27-46-47-28-26-42(62(4,5)6)34-55(47)64(54(46)33-41)43-35-56-58-57(36-43)66-53-24-16-14-22-45(53)49-30-40(38-19-11-8-12-20-38)32-51(60(49)66)63(58)50-31-39(37-17-9-7-10-18-37)29-48-44-21-13-15-23-52(44)65(56)59(48)50/h7-13,15,17-36H,14,16H2,1-6H3. The van der Waals surface area contributed by atoms with E-state index in [2.05, 4.69) is 225 Å². The number of benzene rings is 8. The number of fused-ring (bicyclic) bond motifs is 13. The van der Waals surface area contributed by atoms with E-state index >= 15 is 0 Å². The predicted molar refractivity (Wildman–Crippen MR) is 282 cm³/mol. The quantitative estimate of drug-likeness (QED) is 0.157. The average molecular weight is 848 g/mol. The summed E-state index contributed by atoms with van der Waals surface area (Å²) in [5, 5.41) is 9.20. The van der Waals surface area contributed by atoms with Crippen LogP contribution in [0.4, 0.5) is 0 Å². The Balaban J connectivity index is 1.20. The fourth-order valence-corrected chi connectivity index (χ4v) is 12.1. The number of hydrogen-bond acceptors (Lipinski definition) is 0. The molecule has 11 aromatic rings. The maximum absolute atomic E-state index is 2.67. The van der Waals surface area contributed by atoms with Gasteiger partial charge in [-0.05, 0) is 116 Å². The van der Waals surface area contributed by atoms with Crippen LogP contribution < -0.4 is 27.0 Å². The molecule has 3 aromatic heterocycles. The zero-order valence-electron chi connectivity index (χ0n) is 38.5. The Morgan fingerprint density at radius 3 is 1.53 bits per heavy atom. The molecule has 5 heterocycles. The van der Waals surface area contributed by atoms with E-state index in [1.807, 2.05) is 0 Å². The minimum Gasteiger partial charge on any atom is -0.310 e. The Kier molecular flexibility index (Phi) is 7.59. The highest BCUT2D eigenvalue weighted by atomic mass is 15.1. The fraction of sp³-hybridized carbons (Fsp3) is 0.161. The van der Waals surface area contributed by atoms with Crippen LogP contribution >= 0.6 is 0 Å². The lowest BCUT2D eigenvalue weighted by Crippen LogP contribution is -2.60. The molecule has 316 valence electrons. The molecule has 0 spiro atoms. The van der Waals surface area contributed by atoms with Gasteiger partial charge >= 0.3 is 0 Å². The van der Waals surface area contributed by atoms with Crippen LogP contribution in [0, 0.1) is 0 Å². The van der Waals surface area contributed by atoms with Gasteiger partial charge in [-0.2, -0.15) is 0 Å². The van der Waals surface area contributed by atoms with Gasteiger partial charge in [0.05, 0.1) is 22.2 Å². The van der Waals surface area contributed by atoms with E-state index in [4.69, 9.17) is 0 Å². The molecule has 0 unspecified atom stereocenters. The molecule has 2 aliphatic heterocycles. The van der Waals surface area contributed by atoms with Crippen molar-refractivity contribution >= 4 is 89.8 Å². The summed E-state index contributed by atoms with van der Waals surface area (Å²) in [6, 6.07) is 60.7. The lowest BCUT2D eigenvalue weighted by atomic mass is 9.34. The summed E-state index contributed by atoms with van der Waals surface area (Å²) in [5.74, 6) is 0. The normalized spacial score (nSPS) is 14.0. The smallest absolute Gasteiger partial charge is 0.252 e. The first-order valence-corrected chi connectivity index (χ1v) is 23.9. The van der Waals surface area contributed by atoms with Gasteiger partial charge in [-0.15, -0.1) is 0 Å². The zero-order chi connectivity index (χ0) is 44.4. The first-order chi connectivity index (χ1) is 32.0. The lowest BCUT2D eigenvalue weighted by molar-refractivity contribution is 0.591. The second-order valence-electron chi connectivity index (χ2n) is 21.3. The Morgan fingerprint density at radius 1 is 0.409 bits per heavy atom. The maximum Gasteiger partial charge on any atom is 0.252 e. The van der Waals surface area contributed by atoms with Crippen LogP contribution in [-0.2, 0) is 10.8 Å². The third-order valence-electron chi connectivity index (χ3n) is 15.3. The number of aromatic nitrogens is 3. The van der Waals surface area contributed by atoms with Gasteiger partial charge in [0.2, 0.25) is 0 Å². The van der Waals surface area contributed by atoms with Gasteiger partial charge in [-0.25, -0.2) is 0 Å². The van der Waals surface area contributed by atoms with E-state index in [1.54, 1.807) is 0 Å². The monoisotopic (exact) mass is 847 g/mol. The molecule has 3 nitrogen and oxygen atoms in total. The summed E-state index contributed by atoms with van der Waals surface area (Å²) in [5.41, 5.74) is 21.9. The van der Waals surface area contributed by atoms with Crippen molar-refractivity contribution in [3.63, 3.8) is 0 Å². The third-order valence-corrected chi connectivity index (χ3v) is 15.3. The van der Waals surface area contributed by atoms with E-state index in [0.717, 1.165) is 12.8 Å². The fourth-order valence-electron chi connectivity index (χ4n) is 12.1. The van der Waals surface area contributed by atoms with Crippen molar-refractivity contribution in [3.8, 4) is 39.3 Å². The first-order valence-electron chi connectivity index (χ1n) is 23.9. The third kappa shape index (κ3) is 5.16. The summed E-state index contributed by atoms with van der Waals surface area (Å²) in [7, 11) is 0. The zero-order valence-corrected chi connectivity index (χ0v) is 38.5. The first kappa shape index (κ1) is 38.0. The molecule has 0 saturated carbocycles. The van der Waals surface area contributed by atoms with Gasteiger partial charge in [0.15, 0.2) is 0 Å². The number of rotatable bonds is 3. The minimum atomic E-state index is -0.0104. The largest absolute Gasteiger partial charge is 0.310 e. The van der Waals surface area contributed by atoms with Gasteiger partial charge < -0.3 is 13.7 Å². The Bertz CT molecular complexity index is 3980. The topological polar surface area (TPSA) is 14.8 Å². The Hall–Kier alpha value is -7.30. The van der Waals surface area contributed by atoms with Crippen LogP contribution in [0.25, 0.3) is 106 Å². The Morgan fingerprint density at radius 2 is 0.924 bits per heavy atom. The van der Waals surface area contributed by atoms with Crippen LogP contribution in [0.2, 0.25) is 0 Å². The number of nitrogens with zero attached hydrogens (tertiary/aromatic N) is 3. The maximum atomic E-state index is 2.67. The van der Waals surface area contributed by atoms with Gasteiger partial charge in [0.1, 0.15) is 0 Å². The van der Waals surface area contributed by atoms with Crippen molar-refractivity contribution in [1.29, 1.82) is 0 Å². The lowest BCUT2D eigenvalue weighted by Gasteiger charge is -2.35. The molecule has 0 atom stereocenters. The van der Waals surface area contributed by atoms with Crippen LogP contribution in [0.5, 0.6) is 0 Å². The molecule has 0 N–H and O–H groups in total. The molecular formula is C62H50BN3. The van der Waals surface area contributed by atoms with Gasteiger partial charge in [-0.1, -0.05) is 169 Å². The number of hydrogen-bond donors (Lipinski definition) is 0. The predicted octanol–water partition coefficient (Wildman–Crippen LogP) is 12.3. The summed E-state index contributed by atoms with van der Waals surface area (Å²) in [4.78, 5) is 0. The molecule has 0 radical (unpaired) electrons. The van der Waals surface area contributed by atoms with E-state index in [0.29, 0.717) is 0 Å². The van der Waals surface area contributed by atoms with Crippen LogP contribution in [0.1, 0.15) is 65.5 Å². The highest BCUT2D eigenvalue weighted by molar-refractivity contribution is 7.00. The number of para-hydroxylation sites is 1. The molecule has 8 aromatic carbocycles. The molecule has 66 heavy (non-hydrogen) atoms. The second-order valence-corrected chi connectivity index (χ2v) is 21.3. The van der Waals surface area contributed by atoms with E-state index in [1.165, 1.54) is 132 Å². The SMILES string of the molecule is CC(C)(C)c1ccc2c3ccc(C(C)(C)C)cc3n(-c3cc4c5c(c3)-n3c6ccccc6c6cc(-c7ccccc7)cc(c63)B5c3cc(-c5ccccc5)cc5c6c(n-4c35)=CCCC=6)c2c1. The Labute approximate surface area is 385 Å². The van der Waals surface area contributed by atoms with Crippen LogP contribution in [0.15, 0.2) is 158 Å². The summed E-state index contributed by atoms with van der Waals surface area (Å²) in [6.07, 6.45) is 7.10. The van der Waals surface area contributed by atoms with Gasteiger partial charge in [0, 0.05) is 59.9 Å². The summed E-state index contributed by atoms with van der Waals surface area (Å²) < 4.78 is 7.92. The highest BCUT2D eigenvalue weighted by Gasteiger charge is 2.42. The molecule has 0 saturated heterocycles. The van der Waals surface area contributed by atoms with Crippen molar-refractivity contribution < 1.29 is 0 Å². The molecule has 4 heteroatoms. The van der Waals surface area contributed by atoms with Gasteiger partial charge in [0.25, 0.3) is 6.71 Å². The van der Waals surface area contributed by atoms with Crippen LogP contribution in [0.3, 0.4) is 0 Å². The molecule has 0 bridgehead atoms. The van der Waals surface area contributed by atoms with E-state index in [9.17, 15) is 0 Å². The molecular weight excluding hydrogens is 798 g/mol. The molecule has 1 aliphatic carbocycles. The van der Waals surface area contributed by atoms with Crippen LogP contribution in [-0.4, -0.2) is 20.4 Å². The molecule has 0 amide bonds. The minimum absolute atomic E-state index is 0.000164. The van der Waals surface area contributed by atoms with Crippen molar-refractivity contribution in [2.24, 2.45) is 0 Å². The summed E-state index contributed by atoms with van der Waals surface area (Å²) in [6.45, 7) is 14.0. The molecule has 3 aliphatic rings. The van der Waals surface area contributed by atoms with Gasteiger partial charge in [-0.3, -0.25) is 0 Å². The van der Waals surface area contributed by atoms with Crippen molar-refractivity contribution in [3.05, 3.63) is 179 Å². The van der Waals surface area contributed by atoms with Crippen molar-refractivity contribution in [2.45, 2.75) is 65.2 Å². The van der Waals surface area contributed by atoms with E-state index in [-0.39, 0.29) is 17.5 Å². The van der Waals surface area contributed by atoms with E-state index < -0.39 is 0 Å². The summed E-state index contributed by atoms with van der Waals surface area (Å²) >= 11 is 0. The second kappa shape index (κ2) is 13.2.